The Hall–Kier alpha value is -0.780. The molecule has 1 N–H and O–H groups in total. The summed E-state index contributed by atoms with van der Waals surface area (Å²) >= 11 is 2.20. The molecule has 1 aromatic carbocycles. The lowest BCUT2D eigenvalue weighted by molar-refractivity contribution is 0.0526. The lowest BCUT2D eigenvalue weighted by atomic mass is 10.2. The highest BCUT2D eigenvalue weighted by Crippen LogP contribution is 2.19. The zero-order chi connectivity index (χ0) is 11.3. The van der Waals surface area contributed by atoms with Crippen molar-refractivity contribution in [2.45, 2.75) is 13.8 Å². The van der Waals surface area contributed by atoms with Gasteiger partial charge >= 0.3 is 5.97 Å². The molecule has 3 nitrogen and oxygen atoms in total. The van der Waals surface area contributed by atoms with Crippen LogP contribution in [0.4, 0.5) is 5.69 Å². The summed E-state index contributed by atoms with van der Waals surface area (Å²) in [5.74, 6) is -0.265. The third-order valence-corrected chi connectivity index (χ3v) is 2.74. The van der Waals surface area contributed by atoms with Crippen LogP contribution >= 0.6 is 22.6 Å². The molecule has 0 amide bonds. The fourth-order valence-corrected chi connectivity index (χ4v) is 1.90. The van der Waals surface area contributed by atoms with Crippen molar-refractivity contribution in [2.24, 2.45) is 0 Å². The van der Waals surface area contributed by atoms with Gasteiger partial charge in [-0.1, -0.05) is 0 Å². The van der Waals surface area contributed by atoms with Crippen LogP contribution in [-0.2, 0) is 4.74 Å². The number of benzene rings is 1. The van der Waals surface area contributed by atoms with Crippen LogP contribution in [0.15, 0.2) is 18.2 Å². The van der Waals surface area contributed by atoms with Crippen LogP contribution in [-0.4, -0.2) is 19.1 Å². The van der Waals surface area contributed by atoms with Crippen molar-refractivity contribution < 1.29 is 9.53 Å². The van der Waals surface area contributed by atoms with Crippen molar-refractivity contribution in [3.63, 3.8) is 0 Å². The van der Waals surface area contributed by atoms with E-state index in [1.54, 1.807) is 13.0 Å². The van der Waals surface area contributed by atoms with E-state index in [2.05, 4.69) is 27.9 Å². The summed E-state index contributed by atoms with van der Waals surface area (Å²) in [4.78, 5) is 11.4. The predicted molar refractivity (Wildman–Crippen MR) is 69.3 cm³/mol. The number of hydrogen-bond acceptors (Lipinski definition) is 3. The van der Waals surface area contributed by atoms with E-state index >= 15 is 0 Å². The highest BCUT2D eigenvalue weighted by Gasteiger charge is 2.08. The average Bonchev–Trinajstić information content (AvgIpc) is 2.21. The molecule has 82 valence electrons. The highest BCUT2D eigenvalue weighted by molar-refractivity contribution is 14.1. The van der Waals surface area contributed by atoms with E-state index in [9.17, 15) is 4.79 Å². The number of anilines is 1. The molecule has 0 spiro atoms. The minimum absolute atomic E-state index is 0.265. The van der Waals surface area contributed by atoms with E-state index in [4.69, 9.17) is 4.74 Å². The fourth-order valence-electron chi connectivity index (χ4n) is 1.19. The summed E-state index contributed by atoms with van der Waals surface area (Å²) in [7, 11) is 0. The summed E-state index contributed by atoms with van der Waals surface area (Å²) < 4.78 is 5.95. The Morgan fingerprint density at radius 2 is 2.20 bits per heavy atom. The second kappa shape index (κ2) is 5.95. The maximum Gasteiger partial charge on any atom is 0.338 e. The molecule has 0 aromatic heterocycles. The molecule has 0 bridgehead atoms. The third-order valence-electron chi connectivity index (χ3n) is 1.85. The van der Waals surface area contributed by atoms with Gasteiger partial charge < -0.3 is 10.1 Å². The quantitative estimate of drug-likeness (QED) is 0.685. The van der Waals surface area contributed by atoms with E-state index in [-0.39, 0.29) is 5.97 Å². The van der Waals surface area contributed by atoms with Crippen molar-refractivity contribution in [3.05, 3.63) is 27.3 Å². The number of carbonyl (C=O) groups is 1. The first kappa shape index (κ1) is 12.3. The van der Waals surface area contributed by atoms with E-state index < -0.39 is 0 Å². The maximum absolute atomic E-state index is 11.4. The molecular weight excluding hydrogens is 305 g/mol. The molecule has 0 heterocycles. The Kier molecular flexibility index (Phi) is 4.87. The van der Waals surface area contributed by atoms with Gasteiger partial charge in [-0.25, -0.2) is 4.79 Å². The lowest BCUT2D eigenvalue weighted by Crippen LogP contribution is -2.06. The number of ether oxygens (including phenoxy) is 1. The van der Waals surface area contributed by atoms with Crippen LogP contribution in [0.1, 0.15) is 24.2 Å². The van der Waals surface area contributed by atoms with Gasteiger partial charge in [-0.15, -0.1) is 0 Å². The van der Waals surface area contributed by atoms with Crippen LogP contribution < -0.4 is 5.32 Å². The first-order valence-electron chi connectivity index (χ1n) is 4.89. The van der Waals surface area contributed by atoms with E-state index in [0.29, 0.717) is 12.2 Å². The monoisotopic (exact) mass is 319 g/mol. The van der Waals surface area contributed by atoms with E-state index in [0.717, 1.165) is 15.8 Å². The largest absolute Gasteiger partial charge is 0.462 e. The van der Waals surface area contributed by atoms with Crippen LogP contribution in [0.3, 0.4) is 0 Å². The fraction of sp³-hybridized carbons (Fsp3) is 0.364. The second-order valence-electron chi connectivity index (χ2n) is 2.95. The molecule has 15 heavy (non-hydrogen) atoms. The standard InChI is InChI=1S/C11H14INO2/c1-3-13-10-6-5-8(7-9(10)12)11(14)15-4-2/h5-7,13H,3-4H2,1-2H3. The van der Waals surface area contributed by atoms with Gasteiger partial charge in [0.15, 0.2) is 0 Å². The van der Waals surface area contributed by atoms with Gasteiger partial charge in [0.1, 0.15) is 0 Å². The number of nitrogens with one attached hydrogen (secondary N) is 1. The number of rotatable bonds is 4. The van der Waals surface area contributed by atoms with Crippen molar-refractivity contribution >= 4 is 34.2 Å². The zero-order valence-corrected chi connectivity index (χ0v) is 11.0. The molecule has 0 radical (unpaired) electrons. The van der Waals surface area contributed by atoms with Crippen LogP contribution in [0.5, 0.6) is 0 Å². The molecule has 0 aliphatic carbocycles. The molecule has 1 rings (SSSR count). The summed E-state index contributed by atoms with van der Waals surface area (Å²) in [6, 6.07) is 5.51. The molecule has 0 unspecified atom stereocenters. The normalized spacial score (nSPS) is 9.80. The number of hydrogen-bond donors (Lipinski definition) is 1. The lowest BCUT2D eigenvalue weighted by Gasteiger charge is -2.07. The SMILES string of the molecule is CCNc1ccc(C(=O)OCC)cc1I. The molecule has 0 fully saturated rings. The van der Waals surface area contributed by atoms with Gasteiger partial charge in [0.2, 0.25) is 0 Å². The molecule has 0 atom stereocenters. The van der Waals surface area contributed by atoms with Crippen molar-refractivity contribution in [1.29, 1.82) is 0 Å². The molecule has 0 saturated heterocycles. The van der Waals surface area contributed by atoms with E-state index in [1.807, 2.05) is 19.1 Å². The summed E-state index contributed by atoms with van der Waals surface area (Å²) in [6.45, 7) is 5.12. The Labute approximate surface area is 103 Å². The van der Waals surface area contributed by atoms with Crippen LogP contribution in [0.25, 0.3) is 0 Å². The van der Waals surface area contributed by atoms with Crippen molar-refractivity contribution in [1.82, 2.24) is 0 Å². The molecule has 1 aromatic rings. The number of carbonyl (C=O) groups excluding carboxylic acids is 1. The van der Waals surface area contributed by atoms with Crippen LogP contribution in [0, 0.1) is 3.57 Å². The van der Waals surface area contributed by atoms with Gasteiger partial charge in [-0.05, 0) is 54.6 Å². The third kappa shape index (κ3) is 3.37. The predicted octanol–water partition coefficient (Wildman–Crippen LogP) is 2.90. The Balaban J connectivity index is 2.86. The second-order valence-corrected chi connectivity index (χ2v) is 4.11. The maximum atomic E-state index is 11.4. The number of esters is 1. The minimum atomic E-state index is -0.265. The zero-order valence-electron chi connectivity index (χ0n) is 8.84. The average molecular weight is 319 g/mol. The van der Waals surface area contributed by atoms with Crippen molar-refractivity contribution in [2.75, 3.05) is 18.5 Å². The number of halogens is 1. The molecular formula is C11H14INO2. The summed E-state index contributed by atoms with van der Waals surface area (Å²) in [5, 5.41) is 3.21. The van der Waals surface area contributed by atoms with Gasteiger partial charge in [-0.2, -0.15) is 0 Å². The molecule has 0 saturated carbocycles. The van der Waals surface area contributed by atoms with Gasteiger partial charge in [0, 0.05) is 15.8 Å². The first-order valence-corrected chi connectivity index (χ1v) is 5.97. The minimum Gasteiger partial charge on any atom is -0.462 e. The Bertz CT molecular complexity index is 352. The molecule has 0 aliphatic rings. The Morgan fingerprint density at radius 3 is 2.73 bits per heavy atom. The van der Waals surface area contributed by atoms with E-state index in [1.165, 1.54) is 0 Å². The van der Waals surface area contributed by atoms with Crippen LogP contribution in [0.2, 0.25) is 0 Å². The topological polar surface area (TPSA) is 38.3 Å². The summed E-state index contributed by atoms with van der Waals surface area (Å²) in [6.07, 6.45) is 0. The highest BCUT2D eigenvalue weighted by atomic mass is 127. The van der Waals surface area contributed by atoms with Gasteiger partial charge in [-0.3, -0.25) is 0 Å². The molecule has 4 heteroatoms. The van der Waals surface area contributed by atoms with Gasteiger partial charge in [0.05, 0.1) is 12.2 Å². The smallest absolute Gasteiger partial charge is 0.338 e. The molecule has 0 aliphatic heterocycles. The Morgan fingerprint density at radius 1 is 1.47 bits per heavy atom. The van der Waals surface area contributed by atoms with Crippen molar-refractivity contribution in [3.8, 4) is 0 Å². The first-order chi connectivity index (χ1) is 7.19. The summed E-state index contributed by atoms with van der Waals surface area (Å²) in [5.41, 5.74) is 1.65. The van der Waals surface area contributed by atoms with Gasteiger partial charge in [0.25, 0.3) is 0 Å².